The molecule has 0 unspecified atom stereocenters. The maximum Gasteiger partial charge on any atom is 0.248 e. The van der Waals surface area contributed by atoms with Gasteiger partial charge in [0.1, 0.15) is 6.61 Å². The average Bonchev–Trinajstić information content (AvgIpc) is 2.90. The van der Waals surface area contributed by atoms with Gasteiger partial charge < -0.3 is 9.64 Å². The van der Waals surface area contributed by atoms with Gasteiger partial charge in [0.2, 0.25) is 5.91 Å². The molecule has 5 heteroatoms. The van der Waals surface area contributed by atoms with Gasteiger partial charge in [-0.05, 0) is 19.8 Å². The second-order valence-electron chi connectivity index (χ2n) is 4.19. The molecule has 0 aromatic carbocycles. The quantitative estimate of drug-likeness (QED) is 0.824. The van der Waals surface area contributed by atoms with E-state index in [4.69, 9.17) is 4.74 Å². The van der Waals surface area contributed by atoms with E-state index >= 15 is 0 Å². The Balaban J connectivity index is 1.90. The Labute approximate surface area is 106 Å². The molecule has 4 nitrogen and oxygen atoms in total. The molecule has 1 aromatic rings. The Bertz CT molecular complexity index is 353. The van der Waals surface area contributed by atoms with Gasteiger partial charge in [0.25, 0.3) is 0 Å². The van der Waals surface area contributed by atoms with Crippen molar-refractivity contribution in [1.29, 1.82) is 0 Å². The summed E-state index contributed by atoms with van der Waals surface area (Å²) >= 11 is 1.68. The fraction of sp³-hybridized carbons (Fsp3) is 0.667. The number of rotatable bonds is 4. The zero-order valence-electron chi connectivity index (χ0n) is 10.1. The van der Waals surface area contributed by atoms with E-state index in [9.17, 15) is 4.79 Å². The summed E-state index contributed by atoms with van der Waals surface area (Å²) in [5.74, 6) is 0.516. The fourth-order valence-corrected chi connectivity index (χ4v) is 2.89. The molecule has 0 saturated carbocycles. The number of aromatic nitrogens is 1. The molecule has 1 amide bonds. The maximum atomic E-state index is 11.9. The van der Waals surface area contributed by atoms with Crippen LogP contribution in [0.15, 0.2) is 11.6 Å². The summed E-state index contributed by atoms with van der Waals surface area (Å²) in [5.41, 5.74) is 0. The molecular formula is C12H18N2O2S. The first-order valence-electron chi connectivity index (χ1n) is 6.06. The maximum absolute atomic E-state index is 11.9. The van der Waals surface area contributed by atoms with Crippen LogP contribution in [0, 0.1) is 0 Å². The van der Waals surface area contributed by atoms with Crippen molar-refractivity contribution in [3.05, 3.63) is 16.6 Å². The highest BCUT2D eigenvalue weighted by Crippen LogP contribution is 2.28. The van der Waals surface area contributed by atoms with Crippen LogP contribution in [0.2, 0.25) is 0 Å². The van der Waals surface area contributed by atoms with Gasteiger partial charge in [0.15, 0.2) is 0 Å². The first-order chi connectivity index (χ1) is 8.31. The van der Waals surface area contributed by atoms with Gasteiger partial charge >= 0.3 is 0 Å². The number of hydrogen-bond acceptors (Lipinski definition) is 4. The van der Waals surface area contributed by atoms with Crippen molar-refractivity contribution in [2.24, 2.45) is 0 Å². The van der Waals surface area contributed by atoms with E-state index < -0.39 is 0 Å². The Morgan fingerprint density at radius 1 is 1.71 bits per heavy atom. The molecule has 1 aliphatic heterocycles. The summed E-state index contributed by atoms with van der Waals surface area (Å²) in [6.07, 6.45) is 4.02. The van der Waals surface area contributed by atoms with Crippen LogP contribution in [-0.4, -0.2) is 42.1 Å². The van der Waals surface area contributed by atoms with Gasteiger partial charge in [0, 0.05) is 37.2 Å². The van der Waals surface area contributed by atoms with Crippen LogP contribution in [0.1, 0.15) is 30.7 Å². The predicted molar refractivity (Wildman–Crippen MR) is 67.2 cm³/mol. The van der Waals surface area contributed by atoms with Crippen LogP contribution >= 0.6 is 11.3 Å². The standard InChI is InChI=1S/C12H18N2O2S/c1-2-16-9-11(15)14-6-3-4-10(8-14)12-13-5-7-17-12/h5,7,10H,2-4,6,8-9H2,1H3/t10-/m1/s1. The molecule has 17 heavy (non-hydrogen) atoms. The summed E-state index contributed by atoms with van der Waals surface area (Å²) in [6, 6.07) is 0. The number of ether oxygens (including phenoxy) is 1. The molecular weight excluding hydrogens is 236 g/mol. The molecule has 0 bridgehead atoms. The molecule has 94 valence electrons. The number of thiazole rings is 1. The highest BCUT2D eigenvalue weighted by Gasteiger charge is 2.25. The normalized spacial score (nSPS) is 20.5. The van der Waals surface area contributed by atoms with Crippen LogP contribution in [0.25, 0.3) is 0 Å². The molecule has 2 heterocycles. The second-order valence-corrected chi connectivity index (χ2v) is 5.11. The van der Waals surface area contributed by atoms with E-state index in [1.807, 2.05) is 23.4 Å². The fourth-order valence-electron chi connectivity index (χ4n) is 2.12. The van der Waals surface area contributed by atoms with Gasteiger partial charge in [-0.15, -0.1) is 11.3 Å². The zero-order valence-corrected chi connectivity index (χ0v) is 10.9. The number of piperidine rings is 1. The van der Waals surface area contributed by atoms with Crippen molar-refractivity contribution in [2.45, 2.75) is 25.7 Å². The van der Waals surface area contributed by atoms with Crippen LogP contribution in [0.5, 0.6) is 0 Å². The van der Waals surface area contributed by atoms with Crippen molar-refractivity contribution in [1.82, 2.24) is 9.88 Å². The smallest absolute Gasteiger partial charge is 0.248 e. The Kier molecular flexibility index (Phi) is 4.50. The Morgan fingerprint density at radius 2 is 2.59 bits per heavy atom. The topological polar surface area (TPSA) is 42.4 Å². The van der Waals surface area contributed by atoms with Gasteiger partial charge in [-0.25, -0.2) is 4.98 Å². The third kappa shape index (κ3) is 3.26. The number of nitrogens with zero attached hydrogens (tertiary/aromatic N) is 2. The van der Waals surface area contributed by atoms with Crippen molar-refractivity contribution in [3.63, 3.8) is 0 Å². The Hall–Kier alpha value is -0.940. The van der Waals surface area contributed by atoms with Crippen molar-refractivity contribution >= 4 is 17.2 Å². The van der Waals surface area contributed by atoms with E-state index in [0.717, 1.165) is 30.9 Å². The molecule has 0 radical (unpaired) electrons. The van der Waals surface area contributed by atoms with E-state index in [2.05, 4.69) is 4.98 Å². The second kappa shape index (κ2) is 6.12. The third-order valence-corrected chi connectivity index (χ3v) is 3.94. The van der Waals surface area contributed by atoms with Crippen molar-refractivity contribution in [2.75, 3.05) is 26.3 Å². The van der Waals surface area contributed by atoms with Crippen LogP contribution in [-0.2, 0) is 9.53 Å². The lowest BCUT2D eigenvalue weighted by Gasteiger charge is -2.31. The highest BCUT2D eigenvalue weighted by atomic mass is 32.1. The minimum absolute atomic E-state index is 0.105. The molecule has 0 spiro atoms. The predicted octanol–water partition coefficient (Wildman–Crippen LogP) is 1.89. The molecule has 0 N–H and O–H groups in total. The molecule has 1 saturated heterocycles. The average molecular weight is 254 g/mol. The number of likely N-dealkylation sites (tertiary alicyclic amines) is 1. The van der Waals surface area contributed by atoms with E-state index in [0.29, 0.717) is 12.5 Å². The molecule has 1 fully saturated rings. The molecule has 2 rings (SSSR count). The van der Waals surface area contributed by atoms with Crippen LogP contribution in [0.3, 0.4) is 0 Å². The van der Waals surface area contributed by atoms with E-state index in [-0.39, 0.29) is 12.5 Å². The number of carbonyl (C=O) groups excluding carboxylic acids is 1. The minimum Gasteiger partial charge on any atom is -0.372 e. The number of carbonyl (C=O) groups is 1. The molecule has 1 aliphatic rings. The highest BCUT2D eigenvalue weighted by molar-refractivity contribution is 7.09. The first-order valence-corrected chi connectivity index (χ1v) is 6.94. The van der Waals surface area contributed by atoms with Gasteiger partial charge in [-0.1, -0.05) is 0 Å². The molecule has 1 atom stereocenters. The number of amides is 1. The van der Waals surface area contributed by atoms with Crippen LogP contribution in [0.4, 0.5) is 0 Å². The minimum atomic E-state index is 0.105. The lowest BCUT2D eigenvalue weighted by Crippen LogP contribution is -2.41. The monoisotopic (exact) mass is 254 g/mol. The molecule has 1 aromatic heterocycles. The summed E-state index contributed by atoms with van der Waals surface area (Å²) < 4.78 is 5.17. The van der Waals surface area contributed by atoms with Gasteiger partial charge in [-0.2, -0.15) is 0 Å². The first kappa shape index (κ1) is 12.5. The Morgan fingerprint density at radius 3 is 3.29 bits per heavy atom. The van der Waals surface area contributed by atoms with Gasteiger partial charge in [0.05, 0.1) is 5.01 Å². The zero-order chi connectivity index (χ0) is 12.1. The summed E-state index contributed by atoms with van der Waals surface area (Å²) in [5, 5.41) is 3.15. The lowest BCUT2D eigenvalue weighted by molar-refractivity contribution is -0.137. The lowest BCUT2D eigenvalue weighted by atomic mass is 9.99. The van der Waals surface area contributed by atoms with Gasteiger partial charge in [-0.3, -0.25) is 4.79 Å². The van der Waals surface area contributed by atoms with Crippen molar-refractivity contribution < 1.29 is 9.53 Å². The summed E-state index contributed by atoms with van der Waals surface area (Å²) in [7, 11) is 0. The van der Waals surface area contributed by atoms with E-state index in [1.165, 1.54) is 0 Å². The van der Waals surface area contributed by atoms with E-state index in [1.54, 1.807) is 11.3 Å². The summed E-state index contributed by atoms with van der Waals surface area (Å²) in [6.45, 7) is 4.35. The third-order valence-electron chi connectivity index (χ3n) is 3.00. The van der Waals surface area contributed by atoms with Crippen LogP contribution < -0.4 is 0 Å². The molecule has 0 aliphatic carbocycles. The number of hydrogen-bond donors (Lipinski definition) is 0. The SMILES string of the molecule is CCOCC(=O)N1CCC[C@@H](c2nccs2)C1. The van der Waals surface area contributed by atoms with Crippen molar-refractivity contribution in [3.8, 4) is 0 Å². The summed E-state index contributed by atoms with van der Waals surface area (Å²) in [4.78, 5) is 18.1. The largest absolute Gasteiger partial charge is 0.372 e.